The summed E-state index contributed by atoms with van der Waals surface area (Å²) in [7, 11) is 0. The molecule has 1 unspecified atom stereocenters. The Bertz CT molecular complexity index is 1080. The Labute approximate surface area is 234 Å². The van der Waals surface area contributed by atoms with Gasteiger partial charge in [-0.15, -0.1) is 11.6 Å². The van der Waals surface area contributed by atoms with Gasteiger partial charge in [-0.25, -0.2) is 9.59 Å². The van der Waals surface area contributed by atoms with E-state index in [1.807, 2.05) is 20.8 Å². The molecule has 39 heavy (non-hydrogen) atoms. The lowest BCUT2D eigenvalue weighted by Gasteiger charge is -2.63. The third kappa shape index (κ3) is 4.59. The van der Waals surface area contributed by atoms with Crippen molar-refractivity contribution in [2.45, 2.75) is 89.2 Å². The molecule has 0 radical (unpaired) electrons. The number of allylic oxidation sites excluding steroid dienone is 4. The SMILES string of the molecule is CCCCOC(=O)OCC(=O)[C@@]1(OC(=O)OCC)CC[C@H]2[C@@H]3CCC4=CC(=O)C=C[C@]4(C)[C@@]3(Cl)C(O)C[C@@]21C. The Balaban J connectivity index is 1.67. The van der Waals surface area contributed by atoms with Crippen molar-refractivity contribution >= 4 is 35.5 Å². The molecule has 216 valence electrons. The van der Waals surface area contributed by atoms with E-state index in [1.165, 1.54) is 6.08 Å². The number of hydrogen-bond donors (Lipinski definition) is 1. The first-order valence-corrected chi connectivity index (χ1v) is 14.3. The fraction of sp³-hybridized carbons (Fsp3) is 0.724. The van der Waals surface area contributed by atoms with Crippen LogP contribution >= 0.6 is 11.6 Å². The number of Topliss-reactive ketones (excluding diaryl/α,β-unsaturated/α-hetero) is 1. The van der Waals surface area contributed by atoms with Gasteiger partial charge in [-0.05, 0) is 69.4 Å². The lowest BCUT2D eigenvalue weighted by Crippen LogP contribution is -2.69. The molecule has 0 saturated heterocycles. The van der Waals surface area contributed by atoms with Gasteiger partial charge in [0.1, 0.15) is 0 Å². The van der Waals surface area contributed by atoms with Crippen LogP contribution < -0.4 is 0 Å². The van der Waals surface area contributed by atoms with Gasteiger partial charge in [-0.3, -0.25) is 9.59 Å². The van der Waals surface area contributed by atoms with E-state index in [4.69, 9.17) is 30.5 Å². The average Bonchev–Trinajstić information content (AvgIpc) is 3.16. The van der Waals surface area contributed by atoms with E-state index in [1.54, 1.807) is 19.1 Å². The Hall–Kier alpha value is -2.39. The minimum Gasteiger partial charge on any atom is -0.435 e. The molecule has 3 fully saturated rings. The predicted octanol–water partition coefficient (Wildman–Crippen LogP) is 5.06. The number of carbonyl (C=O) groups excluding carboxylic acids is 4. The molecule has 3 saturated carbocycles. The second kappa shape index (κ2) is 10.9. The summed E-state index contributed by atoms with van der Waals surface area (Å²) in [5, 5.41) is 11.8. The molecule has 0 aromatic heterocycles. The molecular weight excluding hydrogens is 528 g/mol. The third-order valence-electron chi connectivity index (χ3n) is 9.77. The second-order valence-corrected chi connectivity index (χ2v) is 12.2. The van der Waals surface area contributed by atoms with Crippen LogP contribution in [0.15, 0.2) is 23.8 Å². The number of aliphatic hydroxyl groups excluding tert-OH is 1. The van der Waals surface area contributed by atoms with Crippen molar-refractivity contribution in [3.63, 3.8) is 0 Å². The zero-order valence-corrected chi connectivity index (χ0v) is 23.9. The Kier molecular flexibility index (Phi) is 8.26. The molecule has 4 rings (SSSR count). The van der Waals surface area contributed by atoms with Gasteiger partial charge in [0.05, 0.1) is 24.2 Å². The summed E-state index contributed by atoms with van der Waals surface area (Å²) < 4.78 is 21.0. The van der Waals surface area contributed by atoms with E-state index in [-0.39, 0.29) is 43.7 Å². The highest BCUT2D eigenvalue weighted by molar-refractivity contribution is 6.26. The number of hydrogen-bond acceptors (Lipinski definition) is 9. The predicted molar refractivity (Wildman–Crippen MR) is 141 cm³/mol. The van der Waals surface area contributed by atoms with Crippen molar-refractivity contribution in [1.82, 2.24) is 0 Å². The first-order chi connectivity index (χ1) is 18.4. The van der Waals surface area contributed by atoms with Crippen molar-refractivity contribution < 1.29 is 43.2 Å². The second-order valence-electron chi connectivity index (χ2n) is 11.6. The number of fused-ring (bicyclic) bond motifs is 5. The molecule has 1 N–H and O–H groups in total. The molecule has 4 aliphatic rings. The number of unbranched alkanes of at least 4 members (excludes halogenated alkanes) is 1. The fourth-order valence-corrected chi connectivity index (χ4v) is 8.28. The van der Waals surface area contributed by atoms with Crippen LogP contribution in [0.5, 0.6) is 0 Å². The van der Waals surface area contributed by atoms with E-state index in [9.17, 15) is 24.3 Å². The van der Waals surface area contributed by atoms with Crippen molar-refractivity contribution in [3.8, 4) is 0 Å². The molecule has 9 nitrogen and oxygen atoms in total. The molecule has 0 aromatic rings. The van der Waals surface area contributed by atoms with E-state index in [0.717, 1.165) is 12.0 Å². The summed E-state index contributed by atoms with van der Waals surface area (Å²) in [6.45, 7) is 6.96. The maximum Gasteiger partial charge on any atom is 0.509 e. The smallest absolute Gasteiger partial charge is 0.435 e. The summed E-state index contributed by atoms with van der Waals surface area (Å²) in [5.74, 6) is -1.13. The Morgan fingerprint density at radius 3 is 2.51 bits per heavy atom. The van der Waals surface area contributed by atoms with Gasteiger partial charge in [-0.1, -0.05) is 38.8 Å². The molecule has 0 spiro atoms. The van der Waals surface area contributed by atoms with E-state index in [2.05, 4.69) is 0 Å². The van der Waals surface area contributed by atoms with E-state index >= 15 is 0 Å². The zero-order chi connectivity index (χ0) is 28.6. The number of alkyl halides is 1. The summed E-state index contributed by atoms with van der Waals surface area (Å²) >= 11 is 7.45. The molecule has 0 aromatic carbocycles. The monoisotopic (exact) mass is 566 g/mol. The van der Waals surface area contributed by atoms with Gasteiger partial charge in [-0.2, -0.15) is 0 Å². The standard InChI is InChI=1S/C29H39ClO9/c1-5-7-14-37-24(34)38-17-23(33)28(39-25(35)36-6-2)13-11-20-21-9-8-18-15-19(31)10-12-26(18,3)29(21,30)22(32)16-27(20,28)4/h10,12,15,20-22,32H,5-9,11,13-14,16-17H2,1-4H3/t20-,21-,22?,26-,27-,28-,29-/m0/s1. The van der Waals surface area contributed by atoms with Gasteiger partial charge in [0.25, 0.3) is 0 Å². The van der Waals surface area contributed by atoms with Gasteiger partial charge in [0, 0.05) is 10.8 Å². The summed E-state index contributed by atoms with van der Waals surface area (Å²) in [4.78, 5) is 49.6. The van der Waals surface area contributed by atoms with Crippen molar-refractivity contribution in [2.75, 3.05) is 19.8 Å². The van der Waals surface area contributed by atoms with E-state index < -0.39 is 52.1 Å². The summed E-state index contributed by atoms with van der Waals surface area (Å²) in [5.41, 5.74) is -2.57. The highest BCUT2D eigenvalue weighted by atomic mass is 35.5. The maximum atomic E-state index is 13.8. The molecule has 7 atom stereocenters. The van der Waals surface area contributed by atoms with Crippen molar-refractivity contribution in [2.24, 2.45) is 22.7 Å². The van der Waals surface area contributed by atoms with E-state index in [0.29, 0.717) is 25.7 Å². The molecule has 0 bridgehead atoms. The topological polar surface area (TPSA) is 125 Å². The minimum atomic E-state index is -1.69. The largest absolute Gasteiger partial charge is 0.509 e. The quantitative estimate of drug-likeness (QED) is 0.244. The van der Waals surface area contributed by atoms with Crippen LogP contribution in [0.3, 0.4) is 0 Å². The highest BCUT2D eigenvalue weighted by Gasteiger charge is 2.74. The number of aliphatic hydroxyl groups is 1. The van der Waals surface area contributed by atoms with Crippen LogP contribution in [-0.4, -0.2) is 65.4 Å². The van der Waals surface area contributed by atoms with Gasteiger partial charge in [0.2, 0.25) is 5.78 Å². The molecule has 0 heterocycles. The van der Waals surface area contributed by atoms with Crippen LogP contribution in [0, 0.1) is 22.7 Å². The van der Waals surface area contributed by atoms with Crippen molar-refractivity contribution in [3.05, 3.63) is 23.8 Å². The number of carbonyl (C=O) groups is 4. The summed E-state index contributed by atoms with van der Waals surface area (Å²) in [6, 6.07) is 0. The third-order valence-corrected chi connectivity index (χ3v) is 10.7. The molecule has 10 heteroatoms. The lowest BCUT2D eigenvalue weighted by atomic mass is 9.45. The molecule has 0 aliphatic heterocycles. The molecule has 0 amide bonds. The molecule has 4 aliphatic carbocycles. The Morgan fingerprint density at radius 2 is 1.82 bits per heavy atom. The Morgan fingerprint density at radius 1 is 1.08 bits per heavy atom. The van der Waals surface area contributed by atoms with Gasteiger partial charge < -0.3 is 24.1 Å². The average molecular weight is 567 g/mol. The lowest BCUT2D eigenvalue weighted by molar-refractivity contribution is -0.179. The van der Waals surface area contributed by atoms with Crippen molar-refractivity contribution in [1.29, 1.82) is 0 Å². The first kappa shape index (κ1) is 29.6. The number of rotatable bonds is 8. The minimum absolute atomic E-state index is 0.0536. The van der Waals surface area contributed by atoms with Crippen LogP contribution in [0.4, 0.5) is 9.59 Å². The summed E-state index contributed by atoms with van der Waals surface area (Å²) in [6.07, 6.45) is 5.32. The normalized spacial score (nSPS) is 38.6. The fourth-order valence-electron chi connectivity index (χ4n) is 7.75. The van der Waals surface area contributed by atoms with Crippen LogP contribution in [0.1, 0.15) is 72.6 Å². The van der Waals surface area contributed by atoms with Crippen LogP contribution in [-0.2, 0) is 28.5 Å². The molecular formula is C29H39ClO9. The first-order valence-electron chi connectivity index (χ1n) is 13.9. The maximum absolute atomic E-state index is 13.8. The van der Waals surface area contributed by atoms with Gasteiger partial charge >= 0.3 is 12.3 Å². The zero-order valence-electron chi connectivity index (χ0n) is 23.1. The van der Waals surface area contributed by atoms with Gasteiger partial charge in [0.15, 0.2) is 18.0 Å². The number of ketones is 2. The number of halogens is 1. The highest BCUT2D eigenvalue weighted by Crippen LogP contribution is 2.71. The number of ether oxygens (including phenoxy) is 4. The van der Waals surface area contributed by atoms with Crippen LogP contribution in [0.2, 0.25) is 0 Å². The van der Waals surface area contributed by atoms with Crippen LogP contribution in [0.25, 0.3) is 0 Å².